The van der Waals surface area contributed by atoms with Crippen molar-refractivity contribution < 1.29 is 19.1 Å². The molecule has 0 unspecified atom stereocenters. The summed E-state index contributed by atoms with van der Waals surface area (Å²) in [6.45, 7) is 3.87. The fourth-order valence-corrected chi connectivity index (χ4v) is 8.93. The van der Waals surface area contributed by atoms with Crippen LogP contribution in [0.15, 0.2) is 45.8 Å². The van der Waals surface area contributed by atoms with E-state index < -0.39 is 0 Å². The Balaban J connectivity index is 1.04. The smallest absolute Gasteiger partial charge is 0.285 e. The second-order valence-corrected chi connectivity index (χ2v) is 14.5. The monoisotopic (exact) mass is 653 g/mol. The van der Waals surface area contributed by atoms with E-state index in [2.05, 4.69) is 26.7 Å². The number of carbonyl (C=O) groups excluding carboxylic acids is 3. The van der Waals surface area contributed by atoms with Gasteiger partial charge in [-0.1, -0.05) is 23.9 Å². The van der Waals surface area contributed by atoms with Crippen molar-refractivity contribution in [2.75, 3.05) is 11.9 Å². The topological polar surface area (TPSA) is 87.7 Å². The van der Waals surface area contributed by atoms with Gasteiger partial charge in [0.25, 0.3) is 11.8 Å². The molecule has 2 N–H and O–H groups in total. The molecule has 0 aromatic heterocycles. The van der Waals surface area contributed by atoms with Gasteiger partial charge in [0.2, 0.25) is 5.91 Å². The lowest BCUT2D eigenvalue weighted by Gasteiger charge is -2.55. The predicted molar refractivity (Wildman–Crippen MR) is 168 cm³/mol. The Morgan fingerprint density at radius 1 is 1.07 bits per heavy atom. The van der Waals surface area contributed by atoms with E-state index >= 15 is 0 Å². The molecule has 7 nitrogen and oxygen atoms in total. The maximum atomic E-state index is 13.5. The molecular formula is C31H32BrN3O4S2. The lowest BCUT2D eigenvalue weighted by molar-refractivity contribution is -0.152. The lowest BCUT2D eigenvalue weighted by Crippen LogP contribution is -2.57. The standard InChI is InChI=1S/C31H32BrN3O4S2/c1-17-7-24(32)25(8-18(17)2)33-27(36)16-39-23-5-3-19(4-6-23)12-26-28(37)35(30(40)41-26)34-29(38)31-13-20-9-21(14-31)11-22(10-20)15-31/h3-8,12,20-22H,9-11,13-16H2,1-2H3,(H,33,36)(H,34,38)/b26-12+. The first-order valence-corrected chi connectivity index (χ1v) is 16.0. The van der Waals surface area contributed by atoms with Crippen LogP contribution in [0.1, 0.15) is 55.2 Å². The summed E-state index contributed by atoms with van der Waals surface area (Å²) >= 11 is 10.1. The number of rotatable bonds is 7. The molecule has 1 heterocycles. The van der Waals surface area contributed by atoms with Crippen molar-refractivity contribution in [3.8, 4) is 5.75 Å². The zero-order valence-electron chi connectivity index (χ0n) is 23.0. The maximum absolute atomic E-state index is 13.5. The first kappa shape index (κ1) is 28.4. The number of carbonyl (C=O) groups is 3. The highest BCUT2D eigenvalue weighted by Gasteiger charge is 2.55. The van der Waals surface area contributed by atoms with Gasteiger partial charge in [-0.05, 0) is 145 Å². The third kappa shape index (κ3) is 5.83. The van der Waals surface area contributed by atoms with Crippen molar-refractivity contribution in [3.05, 3.63) is 62.5 Å². The fourth-order valence-electron chi connectivity index (χ4n) is 7.20. The van der Waals surface area contributed by atoms with Gasteiger partial charge < -0.3 is 10.1 Å². The van der Waals surface area contributed by atoms with E-state index in [-0.39, 0.29) is 29.7 Å². The van der Waals surface area contributed by atoms with E-state index in [1.807, 2.05) is 38.1 Å². The Hall–Kier alpha value is -2.69. The zero-order valence-corrected chi connectivity index (χ0v) is 26.2. The van der Waals surface area contributed by atoms with Gasteiger partial charge in [-0.3, -0.25) is 19.8 Å². The Kier molecular flexibility index (Phi) is 7.76. The van der Waals surface area contributed by atoms with Crippen molar-refractivity contribution in [1.29, 1.82) is 0 Å². The number of anilines is 1. The molecule has 5 aliphatic rings. The van der Waals surface area contributed by atoms with Crippen molar-refractivity contribution in [2.24, 2.45) is 23.2 Å². The first-order valence-electron chi connectivity index (χ1n) is 14.0. The summed E-state index contributed by atoms with van der Waals surface area (Å²) in [4.78, 5) is 39.5. The van der Waals surface area contributed by atoms with E-state index in [0.717, 1.165) is 40.4 Å². The highest BCUT2D eigenvalue weighted by molar-refractivity contribution is 9.10. The number of thioether (sulfide) groups is 1. The van der Waals surface area contributed by atoms with Crippen LogP contribution in [0.4, 0.5) is 5.69 Å². The van der Waals surface area contributed by atoms with E-state index in [0.29, 0.717) is 38.4 Å². The van der Waals surface area contributed by atoms with E-state index in [1.165, 1.54) is 36.0 Å². The van der Waals surface area contributed by atoms with Crippen LogP contribution in [-0.2, 0) is 14.4 Å². The minimum Gasteiger partial charge on any atom is -0.484 e. The van der Waals surface area contributed by atoms with E-state index in [1.54, 1.807) is 18.2 Å². The summed E-state index contributed by atoms with van der Waals surface area (Å²) in [7, 11) is 0. The molecule has 10 heteroatoms. The number of thiocarbonyl (C=S) groups is 1. The van der Waals surface area contributed by atoms with Crippen molar-refractivity contribution >= 4 is 73.7 Å². The Morgan fingerprint density at radius 2 is 1.68 bits per heavy atom. The number of hydrogen-bond donors (Lipinski definition) is 2. The highest BCUT2D eigenvalue weighted by atomic mass is 79.9. The number of nitrogens with one attached hydrogen (secondary N) is 2. The summed E-state index contributed by atoms with van der Waals surface area (Å²) < 4.78 is 6.81. The molecule has 1 saturated heterocycles. The number of hydrogen-bond acceptors (Lipinski definition) is 6. The van der Waals surface area contributed by atoms with Gasteiger partial charge >= 0.3 is 0 Å². The van der Waals surface area contributed by atoms with Gasteiger partial charge in [0.15, 0.2) is 10.9 Å². The van der Waals surface area contributed by atoms with Crippen molar-refractivity contribution in [1.82, 2.24) is 10.4 Å². The number of hydrazine groups is 1. The number of nitrogens with zero attached hydrogens (tertiary/aromatic N) is 1. The minimum atomic E-state index is -0.357. The van der Waals surface area contributed by atoms with Crippen molar-refractivity contribution in [3.63, 3.8) is 0 Å². The Bertz CT molecular complexity index is 1440. The average Bonchev–Trinajstić information content (AvgIpc) is 3.17. The largest absolute Gasteiger partial charge is 0.484 e. The third-order valence-corrected chi connectivity index (χ3v) is 10.9. The molecule has 41 heavy (non-hydrogen) atoms. The van der Waals surface area contributed by atoms with Gasteiger partial charge in [0, 0.05) is 4.47 Å². The molecule has 4 bridgehead atoms. The Labute approximate surface area is 257 Å². The molecule has 7 rings (SSSR count). The van der Waals surface area contributed by atoms with Crippen LogP contribution in [0, 0.1) is 37.0 Å². The normalized spacial score (nSPS) is 27.4. The molecular weight excluding hydrogens is 622 g/mol. The van der Waals surface area contributed by atoms with Gasteiger partial charge in [-0.2, -0.15) is 5.01 Å². The molecule has 4 saturated carbocycles. The molecule has 2 aromatic carbocycles. The van der Waals surface area contributed by atoms with Gasteiger partial charge in [0.05, 0.1) is 16.0 Å². The summed E-state index contributed by atoms with van der Waals surface area (Å²) in [6, 6.07) is 11.0. The van der Waals surface area contributed by atoms with E-state index in [9.17, 15) is 14.4 Å². The molecule has 1 aliphatic heterocycles. The van der Waals surface area contributed by atoms with Crippen LogP contribution < -0.4 is 15.5 Å². The van der Waals surface area contributed by atoms with Gasteiger partial charge in [0.1, 0.15) is 5.75 Å². The van der Waals surface area contributed by atoms with E-state index in [4.69, 9.17) is 17.0 Å². The van der Waals surface area contributed by atoms with Crippen LogP contribution in [0.2, 0.25) is 0 Å². The summed E-state index contributed by atoms with van der Waals surface area (Å²) in [5.41, 5.74) is 6.24. The zero-order chi connectivity index (χ0) is 28.9. The summed E-state index contributed by atoms with van der Waals surface area (Å²) in [5, 5.41) is 4.11. The second-order valence-electron chi connectivity index (χ2n) is 12.0. The quantitative estimate of drug-likeness (QED) is 0.261. The van der Waals surface area contributed by atoms with Gasteiger partial charge in [-0.15, -0.1) is 0 Å². The van der Waals surface area contributed by atoms with Crippen LogP contribution >= 0.6 is 39.9 Å². The summed E-state index contributed by atoms with van der Waals surface area (Å²) in [5.74, 6) is 1.82. The third-order valence-electron chi connectivity index (χ3n) is 8.93. The molecule has 3 amide bonds. The number of ether oxygens (including phenoxy) is 1. The Morgan fingerprint density at radius 3 is 2.32 bits per heavy atom. The molecule has 5 fully saturated rings. The molecule has 214 valence electrons. The van der Waals surface area contributed by atoms with Crippen molar-refractivity contribution in [2.45, 2.75) is 52.4 Å². The maximum Gasteiger partial charge on any atom is 0.285 e. The van der Waals surface area contributed by atoms with Gasteiger partial charge in [-0.25, -0.2) is 0 Å². The minimum absolute atomic E-state index is 0.0513. The molecule has 0 spiro atoms. The van der Waals surface area contributed by atoms with Crippen LogP contribution in [0.25, 0.3) is 6.08 Å². The number of halogens is 1. The molecule has 2 aromatic rings. The number of amides is 3. The highest BCUT2D eigenvalue weighted by Crippen LogP contribution is 2.60. The number of benzene rings is 2. The first-order chi connectivity index (χ1) is 19.6. The van der Waals surface area contributed by atoms with Crippen LogP contribution in [-0.4, -0.2) is 33.7 Å². The van der Waals surface area contributed by atoms with Crippen LogP contribution in [0.5, 0.6) is 5.75 Å². The lowest BCUT2D eigenvalue weighted by atomic mass is 9.49. The summed E-state index contributed by atoms with van der Waals surface area (Å²) in [6.07, 6.45) is 8.28. The van der Waals surface area contributed by atoms with Crippen LogP contribution in [0.3, 0.4) is 0 Å². The second kappa shape index (κ2) is 11.2. The fraction of sp³-hybridized carbons (Fsp3) is 0.419. The molecule has 0 atom stereocenters. The average molecular weight is 655 g/mol. The molecule has 4 aliphatic carbocycles. The molecule has 0 radical (unpaired) electrons. The predicted octanol–water partition coefficient (Wildman–Crippen LogP) is 6.53. The number of aryl methyl sites for hydroxylation is 2. The SMILES string of the molecule is Cc1cc(Br)c(NC(=O)COc2ccc(/C=C3/SC(=S)N(NC(=O)C45CC6CC(CC(C6)C4)C5)C3=O)cc2)cc1C.